The van der Waals surface area contributed by atoms with E-state index in [1.54, 1.807) is 7.11 Å². The van der Waals surface area contributed by atoms with Crippen molar-refractivity contribution in [2.24, 2.45) is 0 Å². The smallest absolute Gasteiger partial charge is 0.315 e. The number of esters is 1. The van der Waals surface area contributed by atoms with Crippen LogP contribution in [0.15, 0.2) is 24.3 Å². The first-order valence-electron chi connectivity index (χ1n) is 4.75. The second-order valence-electron chi connectivity index (χ2n) is 3.85. The van der Waals surface area contributed by atoms with Gasteiger partial charge >= 0.3 is 5.97 Å². The van der Waals surface area contributed by atoms with E-state index in [0.717, 1.165) is 11.3 Å². The van der Waals surface area contributed by atoms with Gasteiger partial charge < -0.3 is 9.47 Å². The van der Waals surface area contributed by atoms with E-state index in [1.807, 2.05) is 38.1 Å². The fourth-order valence-electron chi connectivity index (χ4n) is 1.38. The monoisotopic (exact) mass is 208 g/mol. The number of methoxy groups -OCH3 is 2. The predicted octanol–water partition coefficient (Wildman–Crippen LogP) is 2.15. The van der Waals surface area contributed by atoms with Crippen molar-refractivity contribution >= 4 is 5.97 Å². The summed E-state index contributed by atoms with van der Waals surface area (Å²) in [5.74, 6) is 0.534. The number of hydrogen-bond acceptors (Lipinski definition) is 3. The van der Waals surface area contributed by atoms with Crippen LogP contribution in [0.25, 0.3) is 0 Å². The minimum atomic E-state index is -0.624. The highest BCUT2D eigenvalue weighted by atomic mass is 16.5. The Morgan fingerprint density at radius 1 is 1.13 bits per heavy atom. The zero-order chi connectivity index (χ0) is 11.5. The van der Waals surface area contributed by atoms with Crippen molar-refractivity contribution < 1.29 is 14.3 Å². The zero-order valence-corrected chi connectivity index (χ0v) is 9.53. The fraction of sp³-hybridized carbons (Fsp3) is 0.417. The predicted molar refractivity (Wildman–Crippen MR) is 58.0 cm³/mol. The molecule has 0 atom stereocenters. The Kier molecular flexibility index (Phi) is 3.35. The van der Waals surface area contributed by atoms with Crippen molar-refractivity contribution in [3.8, 4) is 5.75 Å². The number of carbonyl (C=O) groups is 1. The summed E-state index contributed by atoms with van der Waals surface area (Å²) in [5, 5.41) is 0. The zero-order valence-electron chi connectivity index (χ0n) is 9.53. The summed E-state index contributed by atoms with van der Waals surface area (Å²) in [6, 6.07) is 7.41. The maximum Gasteiger partial charge on any atom is 0.315 e. The lowest BCUT2D eigenvalue weighted by Crippen LogP contribution is -2.30. The van der Waals surface area contributed by atoms with Gasteiger partial charge in [0.05, 0.1) is 19.6 Å². The molecule has 0 fully saturated rings. The molecule has 82 valence electrons. The van der Waals surface area contributed by atoms with Crippen molar-refractivity contribution in [3.05, 3.63) is 29.8 Å². The van der Waals surface area contributed by atoms with Gasteiger partial charge in [-0.05, 0) is 31.5 Å². The Balaban J connectivity index is 3.00. The molecule has 0 amide bonds. The van der Waals surface area contributed by atoms with Gasteiger partial charge in [0.15, 0.2) is 0 Å². The molecule has 0 aliphatic heterocycles. The van der Waals surface area contributed by atoms with Crippen LogP contribution in [-0.2, 0) is 14.9 Å². The van der Waals surface area contributed by atoms with Crippen LogP contribution in [0.1, 0.15) is 19.4 Å². The van der Waals surface area contributed by atoms with Gasteiger partial charge in [0, 0.05) is 0 Å². The second kappa shape index (κ2) is 4.34. The van der Waals surface area contributed by atoms with Crippen LogP contribution in [0.4, 0.5) is 0 Å². The third kappa shape index (κ3) is 2.29. The third-order valence-corrected chi connectivity index (χ3v) is 2.51. The standard InChI is InChI=1S/C12H16O3/c1-12(2,11(13)15-4)9-5-7-10(14-3)8-6-9/h5-8H,1-4H3. The molecule has 1 aromatic carbocycles. The van der Waals surface area contributed by atoms with E-state index in [9.17, 15) is 4.79 Å². The molecule has 0 aromatic heterocycles. The molecule has 0 heterocycles. The molecule has 15 heavy (non-hydrogen) atoms. The van der Waals surface area contributed by atoms with Crippen LogP contribution < -0.4 is 4.74 Å². The molecule has 0 N–H and O–H groups in total. The van der Waals surface area contributed by atoms with Gasteiger partial charge in [-0.15, -0.1) is 0 Å². The van der Waals surface area contributed by atoms with Gasteiger partial charge in [0.1, 0.15) is 5.75 Å². The van der Waals surface area contributed by atoms with E-state index in [4.69, 9.17) is 9.47 Å². The molecule has 1 rings (SSSR count). The van der Waals surface area contributed by atoms with Gasteiger partial charge in [0.2, 0.25) is 0 Å². The lowest BCUT2D eigenvalue weighted by Gasteiger charge is -2.21. The van der Waals surface area contributed by atoms with Crippen LogP contribution >= 0.6 is 0 Å². The van der Waals surface area contributed by atoms with Crippen LogP contribution in [0.5, 0.6) is 5.75 Å². The molecule has 1 aromatic rings. The Morgan fingerprint density at radius 2 is 1.67 bits per heavy atom. The average molecular weight is 208 g/mol. The minimum absolute atomic E-state index is 0.243. The number of ether oxygens (including phenoxy) is 2. The normalized spacial score (nSPS) is 10.9. The first-order valence-corrected chi connectivity index (χ1v) is 4.75. The van der Waals surface area contributed by atoms with E-state index in [-0.39, 0.29) is 5.97 Å². The van der Waals surface area contributed by atoms with E-state index < -0.39 is 5.41 Å². The second-order valence-corrected chi connectivity index (χ2v) is 3.85. The SMILES string of the molecule is COC(=O)C(C)(C)c1ccc(OC)cc1. The first kappa shape index (κ1) is 11.6. The summed E-state index contributed by atoms with van der Waals surface area (Å²) in [4.78, 5) is 11.5. The number of hydrogen-bond donors (Lipinski definition) is 0. The Morgan fingerprint density at radius 3 is 2.07 bits per heavy atom. The largest absolute Gasteiger partial charge is 0.497 e. The first-order chi connectivity index (χ1) is 7.02. The van der Waals surface area contributed by atoms with Gasteiger partial charge in [-0.2, -0.15) is 0 Å². The van der Waals surface area contributed by atoms with E-state index >= 15 is 0 Å². The topological polar surface area (TPSA) is 35.5 Å². The van der Waals surface area contributed by atoms with Crippen molar-refractivity contribution in [1.29, 1.82) is 0 Å². The van der Waals surface area contributed by atoms with E-state index in [1.165, 1.54) is 7.11 Å². The number of benzene rings is 1. The van der Waals surface area contributed by atoms with Crippen molar-refractivity contribution in [2.75, 3.05) is 14.2 Å². The summed E-state index contributed by atoms with van der Waals surface area (Å²) in [6.45, 7) is 3.67. The van der Waals surface area contributed by atoms with Crippen molar-refractivity contribution in [2.45, 2.75) is 19.3 Å². The van der Waals surface area contributed by atoms with Crippen LogP contribution in [0, 0.1) is 0 Å². The molecular weight excluding hydrogens is 192 g/mol. The van der Waals surface area contributed by atoms with Crippen LogP contribution in [0.2, 0.25) is 0 Å². The summed E-state index contributed by atoms with van der Waals surface area (Å²) in [7, 11) is 3.01. The maximum atomic E-state index is 11.5. The summed E-state index contributed by atoms with van der Waals surface area (Å²) >= 11 is 0. The van der Waals surface area contributed by atoms with Gasteiger partial charge in [0.25, 0.3) is 0 Å². The van der Waals surface area contributed by atoms with Gasteiger partial charge in [-0.25, -0.2) is 0 Å². The summed E-state index contributed by atoms with van der Waals surface area (Å²) in [5.41, 5.74) is 0.288. The third-order valence-electron chi connectivity index (χ3n) is 2.51. The lowest BCUT2D eigenvalue weighted by atomic mass is 9.85. The number of carbonyl (C=O) groups excluding carboxylic acids is 1. The molecule has 0 aliphatic carbocycles. The Bertz CT molecular complexity index is 338. The Labute approximate surface area is 90.0 Å². The fourth-order valence-corrected chi connectivity index (χ4v) is 1.38. The van der Waals surface area contributed by atoms with Crippen molar-refractivity contribution in [1.82, 2.24) is 0 Å². The summed E-state index contributed by atoms with van der Waals surface area (Å²) < 4.78 is 9.81. The molecule has 0 aliphatic rings. The molecule has 0 saturated heterocycles. The lowest BCUT2D eigenvalue weighted by molar-refractivity contribution is -0.146. The maximum absolute atomic E-state index is 11.5. The highest BCUT2D eigenvalue weighted by Crippen LogP contribution is 2.26. The molecule has 3 heteroatoms. The molecule has 0 unspecified atom stereocenters. The highest BCUT2D eigenvalue weighted by Gasteiger charge is 2.30. The molecule has 0 bridgehead atoms. The Hall–Kier alpha value is -1.51. The highest BCUT2D eigenvalue weighted by molar-refractivity contribution is 5.82. The molecular formula is C12H16O3. The van der Waals surface area contributed by atoms with E-state index in [0.29, 0.717) is 0 Å². The minimum Gasteiger partial charge on any atom is -0.497 e. The molecule has 3 nitrogen and oxygen atoms in total. The molecule has 0 radical (unpaired) electrons. The van der Waals surface area contributed by atoms with Crippen LogP contribution in [0.3, 0.4) is 0 Å². The molecule has 0 saturated carbocycles. The van der Waals surface area contributed by atoms with Gasteiger partial charge in [-0.1, -0.05) is 12.1 Å². The van der Waals surface area contributed by atoms with Crippen LogP contribution in [-0.4, -0.2) is 20.2 Å². The number of rotatable bonds is 3. The average Bonchev–Trinajstić information content (AvgIpc) is 2.28. The van der Waals surface area contributed by atoms with Gasteiger partial charge in [-0.3, -0.25) is 4.79 Å². The van der Waals surface area contributed by atoms with E-state index in [2.05, 4.69) is 0 Å². The summed E-state index contributed by atoms with van der Waals surface area (Å²) in [6.07, 6.45) is 0. The van der Waals surface area contributed by atoms with Crippen molar-refractivity contribution in [3.63, 3.8) is 0 Å². The quantitative estimate of drug-likeness (QED) is 0.714. The molecule has 0 spiro atoms.